The molecule has 21 heavy (non-hydrogen) atoms. The van der Waals surface area contributed by atoms with Crippen molar-refractivity contribution in [1.82, 2.24) is 0 Å². The number of hydrogen-bond donors (Lipinski definition) is 0. The molecule has 0 bridgehead atoms. The van der Waals surface area contributed by atoms with Crippen LogP contribution < -0.4 is 0 Å². The summed E-state index contributed by atoms with van der Waals surface area (Å²) in [7, 11) is 0. The first-order valence-electron chi connectivity index (χ1n) is 7.96. The number of halogens is 1. The summed E-state index contributed by atoms with van der Waals surface area (Å²) < 4.78 is 0. The van der Waals surface area contributed by atoms with Crippen molar-refractivity contribution in [2.24, 2.45) is 0 Å². The summed E-state index contributed by atoms with van der Waals surface area (Å²) in [4.78, 5) is 2.63. The molecule has 0 amide bonds. The van der Waals surface area contributed by atoms with Gasteiger partial charge in [-0.1, -0.05) is 43.5 Å². The van der Waals surface area contributed by atoms with Crippen LogP contribution in [-0.4, -0.2) is 0 Å². The van der Waals surface area contributed by atoms with E-state index in [0.29, 0.717) is 0 Å². The summed E-state index contributed by atoms with van der Waals surface area (Å²) in [5.74, 6) is 0.771. The number of benzene rings is 1. The normalized spacial score (nSPS) is 17.9. The third kappa shape index (κ3) is 3.35. The molecule has 1 aliphatic rings. The van der Waals surface area contributed by atoms with Crippen molar-refractivity contribution in [2.45, 2.75) is 57.2 Å². The van der Waals surface area contributed by atoms with Crippen molar-refractivity contribution in [3.8, 4) is 0 Å². The molecular formula is C19H23ClS. The molecule has 1 aromatic heterocycles. The first kappa shape index (κ1) is 15.1. The highest BCUT2D eigenvalue weighted by atomic mass is 35.5. The second-order valence-electron chi connectivity index (χ2n) is 6.25. The lowest BCUT2D eigenvalue weighted by atomic mass is 9.84. The Morgan fingerprint density at radius 2 is 1.71 bits per heavy atom. The van der Waals surface area contributed by atoms with Crippen molar-refractivity contribution in [2.75, 3.05) is 0 Å². The van der Waals surface area contributed by atoms with Crippen LogP contribution in [0.1, 0.15) is 69.8 Å². The Morgan fingerprint density at radius 1 is 1.05 bits per heavy atom. The van der Waals surface area contributed by atoms with Crippen LogP contribution in [0.3, 0.4) is 0 Å². The maximum atomic E-state index is 6.67. The molecule has 1 aromatic carbocycles. The lowest BCUT2D eigenvalue weighted by molar-refractivity contribution is 0.443. The van der Waals surface area contributed by atoms with Crippen LogP contribution in [0.2, 0.25) is 0 Å². The van der Waals surface area contributed by atoms with Gasteiger partial charge in [0.1, 0.15) is 0 Å². The number of rotatable bonds is 3. The van der Waals surface area contributed by atoms with E-state index >= 15 is 0 Å². The molecule has 0 spiro atoms. The smallest absolute Gasteiger partial charge is 0.0927 e. The average Bonchev–Trinajstić information content (AvgIpc) is 2.87. The Kier molecular flexibility index (Phi) is 4.71. The molecule has 1 aliphatic carbocycles. The van der Waals surface area contributed by atoms with Crippen molar-refractivity contribution < 1.29 is 0 Å². The number of alkyl halides is 1. The minimum atomic E-state index is -0.0113. The van der Waals surface area contributed by atoms with Gasteiger partial charge in [-0.2, -0.15) is 0 Å². The Hall–Kier alpha value is -0.790. The molecule has 1 heterocycles. The molecule has 1 atom stereocenters. The maximum absolute atomic E-state index is 6.67. The highest BCUT2D eigenvalue weighted by Gasteiger charge is 2.17. The molecule has 112 valence electrons. The van der Waals surface area contributed by atoms with Gasteiger partial charge in [0.2, 0.25) is 0 Å². The average molecular weight is 319 g/mol. The first-order chi connectivity index (χ1) is 10.1. The summed E-state index contributed by atoms with van der Waals surface area (Å²) in [6.45, 7) is 4.32. The van der Waals surface area contributed by atoms with E-state index in [1.807, 2.05) is 11.3 Å². The third-order valence-electron chi connectivity index (χ3n) is 4.74. The Labute approximate surface area is 137 Å². The molecule has 0 aliphatic heterocycles. The molecule has 0 nitrogen and oxygen atoms in total. The van der Waals surface area contributed by atoms with E-state index in [-0.39, 0.29) is 5.38 Å². The van der Waals surface area contributed by atoms with Crippen LogP contribution >= 0.6 is 22.9 Å². The molecule has 2 aromatic rings. The first-order valence-corrected chi connectivity index (χ1v) is 9.21. The van der Waals surface area contributed by atoms with E-state index < -0.39 is 0 Å². The molecule has 3 rings (SSSR count). The number of hydrogen-bond acceptors (Lipinski definition) is 1. The van der Waals surface area contributed by atoms with Crippen LogP contribution in [0.5, 0.6) is 0 Å². The fourth-order valence-electron chi connectivity index (χ4n) is 3.26. The fraction of sp³-hybridized carbons (Fsp3) is 0.474. The van der Waals surface area contributed by atoms with E-state index in [1.54, 1.807) is 0 Å². The van der Waals surface area contributed by atoms with Crippen LogP contribution in [0.15, 0.2) is 30.3 Å². The predicted octanol–water partition coefficient (Wildman–Crippen LogP) is 6.74. The second-order valence-corrected chi connectivity index (χ2v) is 7.98. The van der Waals surface area contributed by atoms with Crippen molar-refractivity contribution >= 4 is 22.9 Å². The molecule has 0 N–H and O–H groups in total. The van der Waals surface area contributed by atoms with Gasteiger partial charge in [-0.25, -0.2) is 0 Å². The Bertz CT molecular complexity index is 571. The minimum absolute atomic E-state index is 0.0113. The highest BCUT2D eigenvalue weighted by molar-refractivity contribution is 7.12. The van der Waals surface area contributed by atoms with Gasteiger partial charge in [-0.05, 0) is 55.4 Å². The van der Waals surface area contributed by atoms with Crippen molar-refractivity contribution in [3.05, 3.63) is 56.8 Å². The van der Waals surface area contributed by atoms with Crippen LogP contribution in [0.4, 0.5) is 0 Å². The molecule has 2 heteroatoms. The van der Waals surface area contributed by atoms with Gasteiger partial charge in [-0.15, -0.1) is 22.9 Å². The summed E-state index contributed by atoms with van der Waals surface area (Å²) in [6.07, 6.45) is 6.89. The highest BCUT2D eigenvalue weighted by Crippen LogP contribution is 2.37. The van der Waals surface area contributed by atoms with Crippen LogP contribution in [0.25, 0.3) is 0 Å². The monoisotopic (exact) mass is 318 g/mol. The van der Waals surface area contributed by atoms with E-state index in [1.165, 1.54) is 58.5 Å². The topological polar surface area (TPSA) is 0 Å². The van der Waals surface area contributed by atoms with Crippen molar-refractivity contribution in [1.29, 1.82) is 0 Å². The quantitative estimate of drug-likeness (QED) is 0.550. The minimum Gasteiger partial charge on any atom is -0.143 e. The summed E-state index contributed by atoms with van der Waals surface area (Å²) in [5.41, 5.74) is 4.07. The summed E-state index contributed by atoms with van der Waals surface area (Å²) in [5, 5.41) is -0.0113. The summed E-state index contributed by atoms with van der Waals surface area (Å²) in [6, 6.07) is 11.3. The van der Waals surface area contributed by atoms with Gasteiger partial charge in [0.25, 0.3) is 0 Å². The lowest BCUT2D eigenvalue weighted by Gasteiger charge is -2.22. The van der Waals surface area contributed by atoms with Crippen LogP contribution in [0, 0.1) is 13.8 Å². The summed E-state index contributed by atoms with van der Waals surface area (Å²) >= 11 is 8.48. The largest absolute Gasteiger partial charge is 0.143 e. The van der Waals surface area contributed by atoms with Gasteiger partial charge < -0.3 is 0 Å². The van der Waals surface area contributed by atoms with Gasteiger partial charge >= 0.3 is 0 Å². The lowest BCUT2D eigenvalue weighted by Crippen LogP contribution is -2.04. The molecule has 0 saturated heterocycles. The number of thiophene rings is 1. The van der Waals surface area contributed by atoms with Crippen LogP contribution in [-0.2, 0) is 0 Å². The maximum Gasteiger partial charge on any atom is 0.0927 e. The standard InChI is InChI=1S/C19H23ClS/c1-13-12-18(21-14(13)2)19(20)17-10-8-16(9-11-17)15-6-4-3-5-7-15/h8-12,15,19H,3-7H2,1-2H3. The Morgan fingerprint density at radius 3 is 2.29 bits per heavy atom. The zero-order valence-electron chi connectivity index (χ0n) is 12.9. The zero-order valence-corrected chi connectivity index (χ0v) is 14.4. The van der Waals surface area contributed by atoms with Gasteiger partial charge in [0.05, 0.1) is 5.38 Å². The van der Waals surface area contributed by atoms with E-state index in [9.17, 15) is 0 Å². The molecule has 1 unspecified atom stereocenters. The SMILES string of the molecule is Cc1cc(C(Cl)c2ccc(C3CCCCC3)cc2)sc1C. The molecule has 1 saturated carbocycles. The van der Waals surface area contributed by atoms with Crippen molar-refractivity contribution in [3.63, 3.8) is 0 Å². The van der Waals surface area contributed by atoms with Gasteiger partial charge in [-0.3, -0.25) is 0 Å². The van der Waals surface area contributed by atoms with E-state index in [2.05, 4.69) is 44.2 Å². The molecule has 0 radical (unpaired) electrons. The number of aryl methyl sites for hydroxylation is 2. The van der Waals surface area contributed by atoms with Gasteiger partial charge in [0.15, 0.2) is 0 Å². The molecular weight excluding hydrogens is 296 g/mol. The molecule has 1 fully saturated rings. The Balaban J connectivity index is 1.76. The predicted molar refractivity (Wildman–Crippen MR) is 93.8 cm³/mol. The fourth-order valence-corrected chi connectivity index (χ4v) is 4.65. The third-order valence-corrected chi connectivity index (χ3v) is 6.57. The second kappa shape index (κ2) is 6.54. The van der Waals surface area contributed by atoms with Gasteiger partial charge in [0, 0.05) is 9.75 Å². The van der Waals surface area contributed by atoms with E-state index in [0.717, 1.165) is 5.92 Å². The zero-order chi connectivity index (χ0) is 14.8. The van der Waals surface area contributed by atoms with E-state index in [4.69, 9.17) is 11.6 Å².